The Labute approximate surface area is 194 Å². The van der Waals surface area contributed by atoms with Gasteiger partial charge in [0.25, 0.3) is 0 Å². The first-order valence-electron chi connectivity index (χ1n) is 10.7. The Morgan fingerprint density at radius 1 is 1.10 bits per heavy atom. The number of hydrogen-bond donors (Lipinski definition) is 1. The fourth-order valence-electron chi connectivity index (χ4n) is 4.57. The van der Waals surface area contributed by atoms with Crippen LogP contribution in [0.4, 0.5) is 5.69 Å². The summed E-state index contributed by atoms with van der Waals surface area (Å²) in [6.07, 6.45) is 2.15. The van der Waals surface area contributed by atoms with E-state index in [-0.39, 0.29) is 18.4 Å². The van der Waals surface area contributed by atoms with Crippen LogP contribution < -0.4 is 5.32 Å². The number of hydrogen-bond acceptors (Lipinski definition) is 3. The molecule has 2 aromatic rings. The predicted molar refractivity (Wildman–Crippen MR) is 129 cm³/mol. The van der Waals surface area contributed by atoms with E-state index in [2.05, 4.69) is 28.2 Å². The zero-order chi connectivity index (χ0) is 22.9. The molecule has 0 aromatic heterocycles. The highest BCUT2D eigenvalue weighted by molar-refractivity contribution is 9.10. The molecule has 0 aliphatic carbocycles. The van der Waals surface area contributed by atoms with Crippen LogP contribution in [0.25, 0.3) is 0 Å². The maximum Gasteiger partial charge on any atom is 0.243 e. The van der Waals surface area contributed by atoms with E-state index in [1.807, 2.05) is 52.0 Å². The van der Waals surface area contributed by atoms with Gasteiger partial charge in [0, 0.05) is 23.2 Å². The van der Waals surface area contributed by atoms with E-state index in [9.17, 15) is 13.2 Å². The minimum Gasteiger partial charge on any atom is -0.325 e. The van der Waals surface area contributed by atoms with Crippen molar-refractivity contribution < 1.29 is 13.2 Å². The Kier molecular flexibility index (Phi) is 7.28. The van der Waals surface area contributed by atoms with Crippen LogP contribution in [-0.2, 0) is 21.2 Å². The Morgan fingerprint density at radius 3 is 2.35 bits per heavy atom. The fourth-order valence-corrected chi connectivity index (χ4v) is 7.13. The Balaban J connectivity index is 1.84. The summed E-state index contributed by atoms with van der Waals surface area (Å²) < 4.78 is 29.4. The summed E-state index contributed by atoms with van der Waals surface area (Å²) in [6.45, 7) is 10.3. The van der Waals surface area contributed by atoms with Gasteiger partial charge in [-0.05, 0) is 81.3 Å². The molecule has 1 aliphatic heterocycles. The first-order chi connectivity index (χ1) is 14.5. The number of benzene rings is 2. The normalized spacial score (nSPS) is 17.5. The zero-order valence-corrected chi connectivity index (χ0v) is 21.3. The molecule has 2 aromatic carbocycles. The van der Waals surface area contributed by atoms with Gasteiger partial charge in [-0.1, -0.05) is 40.5 Å². The van der Waals surface area contributed by atoms with Crippen molar-refractivity contribution in [2.24, 2.45) is 5.92 Å². The molecule has 3 rings (SSSR count). The third-order valence-corrected chi connectivity index (χ3v) is 8.60. The van der Waals surface area contributed by atoms with E-state index in [1.165, 1.54) is 4.31 Å². The third kappa shape index (κ3) is 5.04. The van der Waals surface area contributed by atoms with E-state index in [1.54, 1.807) is 0 Å². The summed E-state index contributed by atoms with van der Waals surface area (Å²) in [7, 11) is -3.66. The van der Waals surface area contributed by atoms with E-state index >= 15 is 0 Å². The predicted octanol–water partition coefficient (Wildman–Crippen LogP) is 5.28. The number of halogens is 1. The molecule has 7 heteroatoms. The molecule has 1 fully saturated rings. The van der Waals surface area contributed by atoms with Gasteiger partial charge in [0.05, 0.1) is 10.8 Å². The lowest BCUT2D eigenvalue weighted by Crippen LogP contribution is -2.44. The SMILES string of the molecule is CCc1cc(Br)cc(C)c1NC(=O)[C@H]1CCCN(S(=O)(=O)c2c(C)cc(C)cc2C)C1. The molecule has 168 valence electrons. The molecule has 5 nitrogen and oxygen atoms in total. The lowest BCUT2D eigenvalue weighted by molar-refractivity contribution is -0.120. The van der Waals surface area contributed by atoms with Gasteiger partial charge in [0.2, 0.25) is 15.9 Å². The molecule has 0 bridgehead atoms. The summed E-state index contributed by atoms with van der Waals surface area (Å²) in [5.74, 6) is -0.486. The number of carbonyl (C=O) groups excluding carboxylic acids is 1. The number of amides is 1. The lowest BCUT2D eigenvalue weighted by atomic mass is 9.98. The van der Waals surface area contributed by atoms with Crippen molar-refractivity contribution in [2.45, 2.75) is 58.8 Å². The first-order valence-corrected chi connectivity index (χ1v) is 13.0. The van der Waals surface area contributed by atoms with Crippen LogP contribution in [-0.4, -0.2) is 31.7 Å². The average Bonchev–Trinajstić information content (AvgIpc) is 2.68. The van der Waals surface area contributed by atoms with Crippen molar-refractivity contribution in [2.75, 3.05) is 18.4 Å². The van der Waals surface area contributed by atoms with Crippen LogP contribution in [0.1, 0.15) is 47.6 Å². The van der Waals surface area contributed by atoms with Crippen molar-refractivity contribution in [3.05, 3.63) is 56.6 Å². The molecular formula is C24H31BrN2O3S. The van der Waals surface area contributed by atoms with Crippen LogP contribution >= 0.6 is 15.9 Å². The lowest BCUT2D eigenvalue weighted by Gasteiger charge is -2.32. The molecule has 0 radical (unpaired) electrons. The van der Waals surface area contributed by atoms with Crippen LogP contribution in [0.15, 0.2) is 33.6 Å². The summed E-state index contributed by atoms with van der Waals surface area (Å²) >= 11 is 3.51. The average molecular weight is 507 g/mol. The minimum atomic E-state index is -3.66. The molecule has 31 heavy (non-hydrogen) atoms. The first kappa shape index (κ1) is 24.0. The molecule has 1 atom stereocenters. The quantitative estimate of drug-likeness (QED) is 0.599. The van der Waals surface area contributed by atoms with E-state index < -0.39 is 10.0 Å². The standard InChI is InChI=1S/C24H31BrN2O3S/c1-6-19-13-21(25)12-16(3)22(19)26-24(28)20-8-7-9-27(14-20)31(29,30)23-17(4)10-15(2)11-18(23)5/h10-13,20H,6-9,14H2,1-5H3,(H,26,28)/t20-/m0/s1. The van der Waals surface area contributed by atoms with Crippen molar-refractivity contribution in [3.63, 3.8) is 0 Å². The molecule has 1 saturated heterocycles. The second-order valence-electron chi connectivity index (χ2n) is 8.53. The number of sulfonamides is 1. The number of piperidine rings is 1. The summed E-state index contributed by atoms with van der Waals surface area (Å²) in [5.41, 5.74) is 5.43. The largest absolute Gasteiger partial charge is 0.325 e. The van der Waals surface area contributed by atoms with E-state index in [0.29, 0.717) is 24.3 Å². The highest BCUT2D eigenvalue weighted by atomic mass is 79.9. The summed E-state index contributed by atoms with van der Waals surface area (Å²) in [4.78, 5) is 13.5. The van der Waals surface area contributed by atoms with Crippen LogP contribution in [0, 0.1) is 33.6 Å². The molecular weight excluding hydrogens is 476 g/mol. The van der Waals surface area contributed by atoms with Crippen LogP contribution in [0.3, 0.4) is 0 Å². The van der Waals surface area contributed by atoms with Crippen LogP contribution in [0.5, 0.6) is 0 Å². The number of carbonyl (C=O) groups is 1. The maximum absolute atomic E-state index is 13.4. The van der Waals surface area contributed by atoms with Crippen molar-refractivity contribution in [3.8, 4) is 0 Å². The number of rotatable bonds is 5. The smallest absolute Gasteiger partial charge is 0.243 e. The van der Waals surface area contributed by atoms with Crippen molar-refractivity contribution >= 4 is 37.5 Å². The van der Waals surface area contributed by atoms with Gasteiger partial charge < -0.3 is 5.32 Å². The third-order valence-electron chi connectivity index (χ3n) is 5.97. The number of aryl methyl sites for hydroxylation is 5. The monoisotopic (exact) mass is 506 g/mol. The summed E-state index contributed by atoms with van der Waals surface area (Å²) in [6, 6.07) is 7.80. The molecule has 1 amide bonds. The number of nitrogens with one attached hydrogen (secondary N) is 1. The number of nitrogens with zero attached hydrogens (tertiary/aromatic N) is 1. The summed E-state index contributed by atoms with van der Waals surface area (Å²) in [5, 5.41) is 3.09. The minimum absolute atomic E-state index is 0.114. The van der Waals surface area contributed by atoms with Crippen molar-refractivity contribution in [1.82, 2.24) is 4.31 Å². The van der Waals surface area contributed by atoms with Gasteiger partial charge in [0.15, 0.2) is 0 Å². The maximum atomic E-state index is 13.4. The van der Waals surface area contributed by atoms with Gasteiger partial charge in [-0.15, -0.1) is 0 Å². The molecule has 0 saturated carbocycles. The molecule has 1 heterocycles. The van der Waals surface area contributed by atoms with Gasteiger partial charge in [-0.25, -0.2) is 8.42 Å². The van der Waals surface area contributed by atoms with Gasteiger partial charge >= 0.3 is 0 Å². The van der Waals surface area contributed by atoms with E-state index in [0.717, 1.165) is 44.4 Å². The van der Waals surface area contributed by atoms with Gasteiger partial charge in [0.1, 0.15) is 0 Å². The molecule has 0 unspecified atom stereocenters. The highest BCUT2D eigenvalue weighted by Gasteiger charge is 2.35. The Morgan fingerprint density at radius 2 is 1.74 bits per heavy atom. The second kappa shape index (κ2) is 9.43. The topological polar surface area (TPSA) is 66.5 Å². The van der Waals surface area contributed by atoms with Gasteiger partial charge in [-0.3, -0.25) is 4.79 Å². The van der Waals surface area contributed by atoms with Gasteiger partial charge in [-0.2, -0.15) is 4.31 Å². The fraction of sp³-hybridized carbons (Fsp3) is 0.458. The molecule has 1 N–H and O–H groups in total. The van der Waals surface area contributed by atoms with Crippen molar-refractivity contribution in [1.29, 1.82) is 0 Å². The highest BCUT2D eigenvalue weighted by Crippen LogP contribution is 2.31. The van der Waals surface area contributed by atoms with E-state index in [4.69, 9.17) is 0 Å². The Bertz CT molecular complexity index is 1090. The molecule has 0 spiro atoms. The molecule has 1 aliphatic rings. The van der Waals surface area contributed by atoms with Crippen LogP contribution in [0.2, 0.25) is 0 Å². The zero-order valence-electron chi connectivity index (χ0n) is 18.9. The Hall–Kier alpha value is -1.70. The number of anilines is 1. The second-order valence-corrected chi connectivity index (χ2v) is 11.3.